The van der Waals surface area contributed by atoms with E-state index in [0.717, 1.165) is 11.2 Å². The van der Waals surface area contributed by atoms with Gasteiger partial charge in [-0.1, -0.05) is 62.4 Å². The van der Waals surface area contributed by atoms with Crippen molar-refractivity contribution < 1.29 is 9.68 Å². The fourth-order valence-electron chi connectivity index (χ4n) is 5.23. The second-order valence-corrected chi connectivity index (χ2v) is 8.71. The number of rotatable bonds is 3. The van der Waals surface area contributed by atoms with Crippen LogP contribution in [-0.2, 0) is 5.41 Å². The second-order valence-electron chi connectivity index (χ2n) is 8.71. The predicted molar refractivity (Wildman–Crippen MR) is 128 cm³/mol. The quantitative estimate of drug-likeness (QED) is 0.391. The summed E-state index contributed by atoms with van der Waals surface area (Å²) in [6.45, 7) is 4.62. The normalized spacial score (nSPS) is 13.9. The van der Waals surface area contributed by atoms with Gasteiger partial charge in [0, 0.05) is 27.9 Å². The van der Waals surface area contributed by atoms with Gasteiger partial charge in [-0.15, -0.1) is 0 Å². The average Bonchev–Trinajstić information content (AvgIpc) is 3.23. The highest BCUT2D eigenvalue weighted by atomic mass is 16.5. The Morgan fingerprint density at radius 1 is 0.742 bits per heavy atom. The van der Waals surface area contributed by atoms with Crippen LogP contribution in [0.3, 0.4) is 0 Å². The first-order valence-electron chi connectivity index (χ1n) is 10.6. The molecule has 4 heteroatoms. The van der Waals surface area contributed by atoms with Crippen LogP contribution in [-0.4, -0.2) is 17.3 Å². The lowest BCUT2D eigenvalue weighted by atomic mass is 9.82. The molecule has 0 amide bonds. The van der Waals surface area contributed by atoms with Crippen LogP contribution in [0.1, 0.15) is 25.0 Å². The average molecular weight is 403 g/mol. The minimum Gasteiger partial charge on any atom is -0.539 e. The van der Waals surface area contributed by atoms with Crippen molar-refractivity contribution in [3.8, 4) is 22.6 Å². The van der Waals surface area contributed by atoms with E-state index >= 15 is 0 Å². The van der Waals surface area contributed by atoms with Crippen molar-refractivity contribution in [1.82, 2.24) is 4.57 Å². The largest absolute Gasteiger partial charge is 0.539 e. The lowest BCUT2D eigenvalue weighted by molar-refractivity contribution is 0.454. The second kappa shape index (κ2) is 6.50. The molecule has 5 aromatic rings. The number of aromatic nitrogens is 1. The number of hydrogen-bond donors (Lipinski definition) is 1. The molecule has 0 saturated carbocycles. The SMILES string of the molecule is CC1(C)c2ccccc2-c2cc3c4ccccc4n(-c4cccc(OBO)c4)c3cc21. The first-order chi connectivity index (χ1) is 15.1. The predicted octanol–water partition coefficient (Wildman–Crippen LogP) is 5.73. The van der Waals surface area contributed by atoms with Gasteiger partial charge in [0.15, 0.2) is 0 Å². The van der Waals surface area contributed by atoms with Gasteiger partial charge in [-0.3, -0.25) is 0 Å². The zero-order chi connectivity index (χ0) is 21.2. The van der Waals surface area contributed by atoms with Crippen LogP contribution in [0, 0.1) is 0 Å². The van der Waals surface area contributed by atoms with Gasteiger partial charge in [0.1, 0.15) is 5.75 Å². The highest BCUT2D eigenvalue weighted by Gasteiger charge is 2.36. The number of nitrogens with zero attached hydrogens (tertiary/aromatic N) is 1. The molecular weight excluding hydrogens is 381 g/mol. The van der Waals surface area contributed by atoms with Crippen LogP contribution >= 0.6 is 0 Å². The van der Waals surface area contributed by atoms with Crippen LogP contribution in [0.4, 0.5) is 0 Å². The standard InChI is InChI=1S/C27H22BNO2/c1-27(2)23-12-5-3-10-19(23)21-15-22-20-11-4-6-13-25(20)29(26(22)16-24(21)27)17-8-7-9-18(14-17)31-28-30/h3-16,28,30H,1-2H3. The monoisotopic (exact) mass is 403 g/mol. The minimum absolute atomic E-state index is 0.0523. The molecule has 1 aromatic heterocycles. The molecule has 0 spiro atoms. The molecular formula is C27H22BNO2. The zero-order valence-electron chi connectivity index (χ0n) is 17.6. The first kappa shape index (κ1) is 18.3. The molecule has 0 radical (unpaired) electrons. The summed E-state index contributed by atoms with van der Waals surface area (Å²) in [6, 6.07) is 29.9. The van der Waals surface area contributed by atoms with Crippen LogP contribution in [0.5, 0.6) is 5.75 Å². The van der Waals surface area contributed by atoms with Gasteiger partial charge >= 0.3 is 7.69 Å². The van der Waals surface area contributed by atoms with Crippen molar-refractivity contribution in [2.75, 3.05) is 0 Å². The van der Waals surface area contributed by atoms with Crippen molar-refractivity contribution in [3.63, 3.8) is 0 Å². The van der Waals surface area contributed by atoms with Gasteiger partial charge in [0.2, 0.25) is 0 Å². The summed E-state index contributed by atoms with van der Waals surface area (Å²) in [5, 5.41) is 11.7. The summed E-state index contributed by atoms with van der Waals surface area (Å²) in [4.78, 5) is 0. The number of para-hydroxylation sites is 1. The Bertz CT molecular complexity index is 1480. The molecule has 0 bridgehead atoms. The van der Waals surface area contributed by atoms with E-state index in [1.54, 1.807) is 0 Å². The highest BCUT2D eigenvalue weighted by Crippen LogP contribution is 2.50. The molecule has 0 atom stereocenters. The van der Waals surface area contributed by atoms with E-state index in [1.165, 1.54) is 38.5 Å². The Kier molecular flexibility index (Phi) is 3.83. The molecule has 0 aliphatic heterocycles. The van der Waals surface area contributed by atoms with Gasteiger partial charge in [-0.25, -0.2) is 0 Å². The molecule has 0 unspecified atom stereocenters. The van der Waals surface area contributed by atoms with Crippen LogP contribution in [0.15, 0.2) is 84.9 Å². The van der Waals surface area contributed by atoms with Crippen molar-refractivity contribution in [2.45, 2.75) is 19.3 Å². The van der Waals surface area contributed by atoms with E-state index in [4.69, 9.17) is 4.65 Å². The lowest BCUT2D eigenvalue weighted by Gasteiger charge is -2.21. The van der Waals surface area contributed by atoms with E-state index < -0.39 is 0 Å². The maximum atomic E-state index is 9.20. The maximum absolute atomic E-state index is 9.20. The van der Waals surface area contributed by atoms with Gasteiger partial charge in [0.05, 0.1) is 11.0 Å². The summed E-state index contributed by atoms with van der Waals surface area (Å²) in [5.41, 5.74) is 8.71. The molecule has 1 aliphatic rings. The molecule has 6 rings (SSSR count). The smallest absolute Gasteiger partial charge is 0.504 e. The van der Waals surface area contributed by atoms with Crippen LogP contribution < -0.4 is 4.65 Å². The van der Waals surface area contributed by atoms with Crippen LogP contribution in [0.25, 0.3) is 38.6 Å². The van der Waals surface area contributed by atoms with Gasteiger partial charge in [-0.05, 0) is 52.6 Å². The topological polar surface area (TPSA) is 34.4 Å². The van der Waals surface area contributed by atoms with E-state index in [2.05, 4.69) is 85.1 Å². The van der Waals surface area contributed by atoms with E-state index in [0.29, 0.717) is 5.75 Å². The third-order valence-corrected chi connectivity index (χ3v) is 6.68. The highest BCUT2D eigenvalue weighted by molar-refractivity contribution is 6.17. The van der Waals surface area contributed by atoms with Crippen molar-refractivity contribution in [3.05, 3.63) is 96.1 Å². The molecule has 31 heavy (non-hydrogen) atoms. The molecule has 1 aliphatic carbocycles. The van der Waals surface area contributed by atoms with Crippen molar-refractivity contribution in [2.24, 2.45) is 0 Å². The third kappa shape index (κ3) is 2.52. The summed E-state index contributed by atoms with van der Waals surface area (Å²) in [6.07, 6.45) is 0. The molecule has 1 N–H and O–H groups in total. The molecule has 3 nitrogen and oxygen atoms in total. The summed E-state index contributed by atoms with van der Waals surface area (Å²) in [7, 11) is -0.337. The van der Waals surface area contributed by atoms with Gasteiger partial charge in [-0.2, -0.15) is 0 Å². The molecule has 0 saturated heterocycles. The Hall–Kier alpha value is -3.50. The summed E-state index contributed by atoms with van der Waals surface area (Å²) < 4.78 is 7.66. The molecule has 4 aromatic carbocycles. The van der Waals surface area contributed by atoms with Gasteiger partial charge < -0.3 is 14.2 Å². The Morgan fingerprint density at radius 3 is 2.42 bits per heavy atom. The number of benzene rings is 4. The maximum Gasteiger partial charge on any atom is 0.504 e. The minimum atomic E-state index is -0.337. The first-order valence-corrected chi connectivity index (χ1v) is 10.6. The fraction of sp³-hybridized carbons (Fsp3) is 0.111. The zero-order valence-corrected chi connectivity index (χ0v) is 17.6. The Morgan fingerprint density at radius 2 is 1.55 bits per heavy atom. The van der Waals surface area contributed by atoms with Crippen LogP contribution in [0.2, 0.25) is 0 Å². The fourth-order valence-corrected chi connectivity index (χ4v) is 5.23. The van der Waals surface area contributed by atoms with Crippen molar-refractivity contribution >= 4 is 29.5 Å². The number of hydrogen-bond acceptors (Lipinski definition) is 2. The summed E-state index contributed by atoms with van der Waals surface area (Å²) >= 11 is 0. The third-order valence-electron chi connectivity index (χ3n) is 6.68. The van der Waals surface area contributed by atoms with E-state index in [-0.39, 0.29) is 13.1 Å². The Balaban J connectivity index is 1.71. The lowest BCUT2D eigenvalue weighted by Crippen LogP contribution is -2.14. The Labute approximate surface area is 181 Å². The molecule has 0 fully saturated rings. The van der Waals surface area contributed by atoms with E-state index in [1.807, 2.05) is 18.2 Å². The molecule has 1 heterocycles. The molecule has 150 valence electrons. The number of fused-ring (bicyclic) bond motifs is 6. The summed E-state index contributed by atoms with van der Waals surface area (Å²) in [5.74, 6) is 0.653. The van der Waals surface area contributed by atoms with E-state index in [9.17, 15) is 5.02 Å². The van der Waals surface area contributed by atoms with Gasteiger partial charge in [0.25, 0.3) is 0 Å². The van der Waals surface area contributed by atoms with Crippen molar-refractivity contribution in [1.29, 1.82) is 0 Å².